The molecule has 0 bridgehead atoms. The Morgan fingerprint density at radius 2 is 2.10 bits per heavy atom. The number of pyridine rings is 1. The van der Waals surface area contributed by atoms with Crippen molar-refractivity contribution >= 4 is 0 Å². The molecular weight excluding hydrogens is 266 g/mol. The first-order chi connectivity index (χ1) is 10.3. The Morgan fingerprint density at radius 1 is 1.24 bits per heavy atom. The number of methoxy groups -OCH3 is 1. The first kappa shape index (κ1) is 14.9. The minimum Gasteiger partial charge on any atom is -0.496 e. The Kier molecular flexibility index (Phi) is 5.62. The Hall–Kier alpha value is -2.51. The van der Waals surface area contributed by atoms with Crippen molar-refractivity contribution in [2.75, 3.05) is 13.7 Å². The highest BCUT2D eigenvalue weighted by molar-refractivity contribution is 5.37. The average molecular weight is 283 g/mol. The molecule has 1 heterocycles. The second-order valence-electron chi connectivity index (χ2n) is 4.29. The molecule has 1 aromatic carbocycles. The maximum Gasteiger partial charge on any atom is 0.139 e. The smallest absolute Gasteiger partial charge is 0.139 e. The van der Waals surface area contributed by atoms with Gasteiger partial charge >= 0.3 is 0 Å². The molecule has 0 saturated carbocycles. The van der Waals surface area contributed by atoms with Gasteiger partial charge in [0.05, 0.1) is 19.9 Å². The van der Waals surface area contributed by atoms with Crippen LogP contribution >= 0.6 is 0 Å². The number of para-hydroxylation sites is 1. The summed E-state index contributed by atoms with van der Waals surface area (Å²) >= 11 is 0. The quantitative estimate of drug-likeness (QED) is 0.856. The lowest BCUT2D eigenvalue weighted by atomic mass is 10.2. The van der Waals surface area contributed by atoms with E-state index < -0.39 is 0 Å². The summed E-state index contributed by atoms with van der Waals surface area (Å²) in [4.78, 5) is 4.10. The average Bonchev–Trinajstić information content (AvgIpc) is 2.54. The largest absolute Gasteiger partial charge is 0.496 e. The topological polar surface area (TPSA) is 51.6 Å². The van der Waals surface area contributed by atoms with Crippen LogP contribution in [0.3, 0.4) is 0 Å². The molecule has 4 heteroatoms. The molecule has 0 aliphatic heterocycles. The number of rotatable bonds is 5. The Bertz CT molecular complexity index is 644. The molecule has 0 atom stereocenters. The van der Waals surface area contributed by atoms with Gasteiger partial charge in [-0.2, -0.15) is 0 Å². The van der Waals surface area contributed by atoms with Crippen molar-refractivity contribution in [2.24, 2.45) is 0 Å². The van der Waals surface area contributed by atoms with Crippen LogP contribution in [0.25, 0.3) is 0 Å². The van der Waals surface area contributed by atoms with Crippen LogP contribution in [-0.2, 0) is 6.61 Å². The predicted octanol–water partition coefficient (Wildman–Crippen LogP) is 2.40. The molecule has 0 amide bonds. The maximum atomic E-state index is 8.70. The summed E-state index contributed by atoms with van der Waals surface area (Å²) in [6.45, 7) is 0.462. The molecule has 2 aromatic rings. The number of benzene rings is 1. The Labute approximate surface area is 124 Å². The van der Waals surface area contributed by atoms with E-state index in [9.17, 15) is 0 Å². The monoisotopic (exact) mass is 283 g/mol. The summed E-state index contributed by atoms with van der Waals surface area (Å²) in [5.41, 5.74) is 1.73. The number of aliphatic hydroxyl groups is 1. The van der Waals surface area contributed by atoms with E-state index in [-0.39, 0.29) is 6.61 Å². The second kappa shape index (κ2) is 7.93. The maximum absolute atomic E-state index is 8.70. The first-order valence-electron chi connectivity index (χ1n) is 6.63. The van der Waals surface area contributed by atoms with Crippen LogP contribution in [-0.4, -0.2) is 23.8 Å². The van der Waals surface area contributed by atoms with E-state index in [2.05, 4.69) is 16.8 Å². The normalized spacial score (nSPS) is 9.62. The summed E-state index contributed by atoms with van der Waals surface area (Å²) in [5, 5.41) is 8.70. The zero-order valence-electron chi connectivity index (χ0n) is 11.9. The van der Waals surface area contributed by atoms with Gasteiger partial charge in [0.1, 0.15) is 18.1 Å². The van der Waals surface area contributed by atoms with Gasteiger partial charge in [0.15, 0.2) is 0 Å². The lowest BCUT2D eigenvalue weighted by Crippen LogP contribution is -1.99. The molecule has 4 nitrogen and oxygen atoms in total. The number of hydrogen-bond acceptors (Lipinski definition) is 4. The molecule has 0 unspecified atom stereocenters. The Balaban J connectivity index is 2.03. The van der Waals surface area contributed by atoms with Gasteiger partial charge in [-0.15, -0.1) is 0 Å². The fourth-order valence-electron chi connectivity index (χ4n) is 1.77. The fourth-order valence-corrected chi connectivity index (χ4v) is 1.77. The molecule has 0 aliphatic carbocycles. The van der Waals surface area contributed by atoms with Crippen molar-refractivity contribution in [3.8, 4) is 23.3 Å². The fraction of sp³-hybridized carbons (Fsp3) is 0.235. The highest BCUT2D eigenvalue weighted by atomic mass is 16.5. The minimum atomic E-state index is 0.0599. The molecule has 1 N–H and O–H groups in total. The molecule has 21 heavy (non-hydrogen) atoms. The molecule has 0 spiro atoms. The zero-order valence-corrected chi connectivity index (χ0v) is 11.9. The standard InChI is InChI=1S/C17H17NO3/c1-20-17-8-3-2-7-15(17)13-21-16-10-14(11-18-12-16)6-4-5-9-19/h2-3,7-8,10-12,19H,5,9,13H2,1H3. The van der Waals surface area contributed by atoms with Gasteiger partial charge in [-0.3, -0.25) is 4.98 Å². The number of aliphatic hydroxyl groups excluding tert-OH is 1. The first-order valence-corrected chi connectivity index (χ1v) is 6.63. The highest BCUT2D eigenvalue weighted by Crippen LogP contribution is 2.20. The van der Waals surface area contributed by atoms with Crippen LogP contribution in [0, 0.1) is 11.8 Å². The summed E-state index contributed by atoms with van der Waals surface area (Å²) in [6, 6.07) is 9.54. The predicted molar refractivity (Wildman–Crippen MR) is 80.1 cm³/mol. The summed E-state index contributed by atoms with van der Waals surface area (Å²) in [7, 11) is 1.64. The van der Waals surface area contributed by atoms with Crippen molar-refractivity contribution in [3.63, 3.8) is 0 Å². The summed E-state index contributed by atoms with van der Waals surface area (Å²) in [5.74, 6) is 7.23. The number of ether oxygens (including phenoxy) is 2. The molecule has 0 fully saturated rings. The lowest BCUT2D eigenvalue weighted by molar-refractivity contribution is 0.295. The summed E-state index contributed by atoms with van der Waals surface area (Å²) in [6.07, 6.45) is 3.76. The molecule has 2 rings (SSSR count). The zero-order chi connectivity index (χ0) is 14.9. The van der Waals surface area contributed by atoms with Crippen molar-refractivity contribution < 1.29 is 14.6 Å². The highest BCUT2D eigenvalue weighted by Gasteiger charge is 2.03. The van der Waals surface area contributed by atoms with Gasteiger partial charge in [-0.25, -0.2) is 0 Å². The van der Waals surface area contributed by atoms with Crippen LogP contribution in [0.4, 0.5) is 0 Å². The van der Waals surface area contributed by atoms with E-state index in [1.165, 1.54) is 0 Å². The van der Waals surface area contributed by atoms with Crippen LogP contribution in [0.15, 0.2) is 42.7 Å². The van der Waals surface area contributed by atoms with E-state index in [1.807, 2.05) is 30.3 Å². The molecule has 0 saturated heterocycles. The van der Waals surface area contributed by atoms with Gasteiger partial charge in [0.25, 0.3) is 0 Å². The van der Waals surface area contributed by atoms with Crippen LogP contribution in [0.1, 0.15) is 17.5 Å². The van der Waals surface area contributed by atoms with E-state index in [1.54, 1.807) is 19.5 Å². The lowest BCUT2D eigenvalue weighted by Gasteiger charge is -2.09. The van der Waals surface area contributed by atoms with Crippen molar-refractivity contribution in [3.05, 3.63) is 53.9 Å². The van der Waals surface area contributed by atoms with Crippen molar-refractivity contribution in [1.29, 1.82) is 0 Å². The van der Waals surface area contributed by atoms with E-state index in [0.29, 0.717) is 18.8 Å². The summed E-state index contributed by atoms with van der Waals surface area (Å²) < 4.78 is 11.0. The third kappa shape index (κ3) is 4.51. The molecule has 108 valence electrons. The van der Waals surface area contributed by atoms with Crippen molar-refractivity contribution in [1.82, 2.24) is 4.98 Å². The van der Waals surface area contributed by atoms with Crippen LogP contribution in [0.5, 0.6) is 11.5 Å². The minimum absolute atomic E-state index is 0.0599. The van der Waals surface area contributed by atoms with E-state index in [4.69, 9.17) is 14.6 Å². The van der Waals surface area contributed by atoms with Gasteiger partial charge in [-0.1, -0.05) is 30.0 Å². The van der Waals surface area contributed by atoms with E-state index >= 15 is 0 Å². The van der Waals surface area contributed by atoms with Gasteiger partial charge in [0.2, 0.25) is 0 Å². The third-order valence-electron chi connectivity index (χ3n) is 2.77. The molecule has 1 aromatic heterocycles. The van der Waals surface area contributed by atoms with E-state index in [0.717, 1.165) is 16.9 Å². The Morgan fingerprint density at radius 3 is 2.90 bits per heavy atom. The third-order valence-corrected chi connectivity index (χ3v) is 2.77. The SMILES string of the molecule is COc1ccccc1COc1cncc(C#CCCO)c1. The van der Waals surface area contributed by atoms with Gasteiger partial charge in [0, 0.05) is 23.7 Å². The molecule has 0 aliphatic rings. The second-order valence-corrected chi connectivity index (χ2v) is 4.29. The number of hydrogen-bond donors (Lipinski definition) is 1. The number of nitrogens with zero attached hydrogens (tertiary/aromatic N) is 1. The van der Waals surface area contributed by atoms with Crippen LogP contribution in [0.2, 0.25) is 0 Å². The van der Waals surface area contributed by atoms with Crippen LogP contribution < -0.4 is 9.47 Å². The van der Waals surface area contributed by atoms with Gasteiger partial charge in [-0.05, 0) is 12.1 Å². The van der Waals surface area contributed by atoms with Gasteiger partial charge < -0.3 is 14.6 Å². The number of aromatic nitrogens is 1. The molecular formula is C17H17NO3. The van der Waals surface area contributed by atoms with Crippen molar-refractivity contribution in [2.45, 2.75) is 13.0 Å². The molecule has 0 radical (unpaired) electrons.